The van der Waals surface area contributed by atoms with E-state index in [9.17, 15) is 0 Å². The predicted molar refractivity (Wildman–Crippen MR) is 50.2 cm³/mol. The Labute approximate surface area is 75.6 Å². The van der Waals surface area contributed by atoms with Gasteiger partial charge >= 0.3 is 0 Å². The topological polar surface area (TPSA) is 68.2 Å². The zero-order valence-electron chi connectivity index (χ0n) is 7.36. The molecule has 2 heterocycles. The highest BCUT2D eigenvalue weighted by molar-refractivity contribution is 5.49. The van der Waals surface area contributed by atoms with Crippen molar-refractivity contribution in [2.75, 3.05) is 12.8 Å². The first-order valence-electron chi connectivity index (χ1n) is 4.03. The summed E-state index contributed by atoms with van der Waals surface area (Å²) in [5, 5.41) is 7.18. The summed E-state index contributed by atoms with van der Waals surface area (Å²) in [5.41, 5.74) is 8.11. The first-order chi connectivity index (χ1) is 6.31. The summed E-state index contributed by atoms with van der Waals surface area (Å²) >= 11 is 0. The molecule has 0 fully saturated rings. The van der Waals surface area contributed by atoms with Gasteiger partial charge in [-0.1, -0.05) is 0 Å². The largest absolute Gasteiger partial charge is 0.396 e. The molecule has 0 bridgehead atoms. The molecule has 0 saturated carbocycles. The van der Waals surface area contributed by atoms with Gasteiger partial charge in [0.15, 0.2) is 5.65 Å². The highest BCUT2D eigenvalue weighted by Crippen LogP contribution is 2.08. The van der Waals surface area contributed by atoms with Gasteiger partial charge in [-0.25, -0.2) is 9.50 Å². The molecule has 0 aliphatic carbocycles. The third-order valence-electron chi connectivity index (χ3n) is 1.82. The van der Waals surface area contributed by atoms with Gasteiger partial charge in [0.25, 0.3) is 0 Å². The molecule has 2 rings (SSSR count). The molecule has 68 valence electrons. The minimum Gasteiger partial charge on any atom is -0.396 e. The van der Waals surface area contributed by atoms with Crippen LogP contribution in [-0.2, 0) is 6.54 Å². The zero-order chi connectivity index (χ0) is 9.26. The Morgan fingerprint density at radius 1 is 1.54 bits per heavy atom. The van der Waals surface area contributed by atoms with Crippen LogP contribution in [0.25, 0.3) is 5.65 Å². The van der Waals surface area contributed by atoms with Crippen molar-refractivity contribution in [2.24, 2.45) is 0 Å². The van der Waals surface area contributed by atoms with Crippen LogP contribution < -0.4 is 11.1 Å². The number of hydrogen-bond acceptors (Lipinski definition) is 4. The summed E-state index contributed by atoms with van der Waals surface area (Å²) < 4.78 is 1.68. The second kappa shape index (κ2) is 3.02. The Morgan fingerprint density at radius 3 is 3.15 bits per heavy atom. The lowest BCUT2D eigenvalue weighted by Crippen LogP contribution is -2.05. The number of nitrogens with two attached hydrogens (primary N) is 1. The molecule has 3 N–H and O–H groups in total. The molecule has 0 aromatic carbocycles. The summed E-state index contributed by atoms with van der Waals surface area (Å²) in [4.78, 5) is 4.19. The molecule has 13 heavy (non-hydrogen) atoms. The highest BCUT2D eigenvalue weighted by Gasteiger charge is 2.03. The summed E-state index contributed by atoms with van der Waals surface area (Å²) in [6.45, 7) is 0.764. The van der Waals surface area contributed by atoms with Crippen molar-refractivity contribution >= 4 is 11.3 Å². The normalized spacial score (nSPS) is 10.8. The number of nitrogens with zero attached hydrogens (tertiary/aromatic N) is 3. The molecule has 5 heteroatoms. The van der Waals surface area contributed by atoms with Gasteiger partial charge in [-0.3, -0.25) is 0 Å². The Bertz CT molecular complexity index is 419. The SMILES string of the molecule is CNCc1cnn2cc(N)cnc12. The van der Waals surface area contributed by atoms with Gasteiger partial charge in [-0.15, -0.1) is 0 Å². The Hall–Kier alpha value is -1.62. The Balaban J connectivity index is 2.55. The van der Waals surface area contributed by atoms with Gasteiger partial charge in [0, 0.05) is 12.1 Å². The lowest BCUT2D eigenvalue weighted by atomic mass is 10.3. The molecule has 2 aromatic rings. The number of rotatable bonds is 2. The molecule has 2 aromatic heterocycles. The number of fused-ring (bicyclic) bond motifs is 1. The zero-order valence-corrected chi connectivity index (χ0v) is 7.36. The van der Waals surface area contributed by atoms with Crippen molar-refractivity contribution in [2.45, 2.75) is 6.54 Å². The second-order valence-corrected chi connectivity index (χ2v) is 2.86. The maximum absolute atomic E-state index is 5.57. The highest BCUT2D eigenvalue weighted by atomic mass is 15.2. The van der Waals surface area contributed by atoms with Crippen molar-refractivity contribution in [3.05, 3.63) is 24.2 Å². The fraction of sp³-hybridized carbons (Fsp3) is 0.250. The van der Waals surface area contributed by atoms with E-state index in [1.54, 1.807) is 23.1 Å². The number of hydrogen-bond donors (Lipinski definition) is 2. The van der Waals surface area contributed by atoms with E-state index < -0.39 is 0 Å². The lowest BCUT2D eigenvalue weighted by molar-refractivity contribution is 0.821. The molecule has 0 saturated heterocycles. The van der Waals surface area contributed by atoms with Crippen LogP contribution in [0.5, 0.6) is 0 Å². The summed E-state index contributed by atoms with van der Waals surface area (Å²) in [6, 6.07) is 0. The molecular formula is C8H11N5. The monoisotopic (exact) mass is 177 g/mol. The molecule has 0 spiro atoms. The average molecular weight is 177 g/mol. The fourth-order valence-electron chi connectivity index (χ4n) is 1.25. The van der Waals surface area contributed by atoms with Crippen molar-refractivity contribution in [1.29, 1.82) is 0 Å². The van der Waals surface area contributed by atoms with Crippen LogP contribution in [-0.4, -0.2) is 21.6 Å². The molecule has 0 unspecified atom stereocenters. The van der Waals surface area contributed by atoms with Crippen LogP contribution in [0.3, 0.4) is 0 Å². The third kappa shape index (κ3) is 1.33. The van der Waals surface area contributed by atoms with Gasteiger partial charge in [-0.2, -0.15) is 5.10 Å². The molecule has 0 radical (unpaired) electrons. The number of nitrogens with one attached hydrogen (secondary N) is 1. The fourth-order valence-corrected chi connectivity index (χ4v) is 1.25. The molecule has 0 aliphatic heterocycles. The van der Waals surface area contributed by atoms with Gasteiger partial charge in [0.2, 0.25) is 0 Å². The molecule has 0 atom stereocenters. The molecule has 0 amide bonds. The maximum atomic E-state index is 5.57. The van der Waals surface area contributed by atoms with Crippen molar-refractivity contribution in [3.8, 4) is 0 Å². The Kier molecular flexibility index (Phi) is 1.86. The van der Waals surface area contributed by atoms with Gasteiger partial charge < -0.3 is 11.1 Å². The Morgan fingerprint density at radius 2 is 2.38 bits per heavy atom. The maximum Gasteiger partial charge on any atom is 0.159 e. The van der Waals surface area contributed by atoms with Gasteiger partial charge in [0.1, 0.15) is 0 Å². The van der Waals surface area contributed by atoms with E-state index in [0.29, 0.717) is 5.69 Å². The summed E-state index contributed by atoms with van der Waals surface area (Å²) in [5.74, 6) is 0. The van der Waals surface area contributed by atoms with E-state index in [1.165, 1.54) is 0 Å². The van der Waals surface area contributed by atoms with E-state index in [1.807, 2.05) is 7.05 Å². The van der Waals surface area contributed by atoms with Crippen LogP contribution in [0.15, 0.2) is 18.6 Å². The van der Waals surface area contributed by atoms with E-state index in [4.69, 9.17) is 5.73 Å². The van der Waals surface area contributed by atoms with E-state index in [0.717, 1.165) is 17.8 Å². The van der Waals surface area contributed by atoms with Crippen molar-refractivity contribution in [3.63, 3.8) is 0 Å². The molecular weight excluding hydrogens is 166 g/mol. The van der Waals surface area contributed by atoms with Crippen molar-refractivity contribution in [1.82, 2.24) is 19.9 Å². The van der Waals surface area contributed by atoms with E-state index >= 15 is 0 Å². The van der Waals surface area contributed by atoms with E-state index in [-0.39, 0.29) is 0 Å². The van der Waals surface area contributed by atoms with Crippen LogP contribution >= 0.6 is 0 Å². The summed E-state index contributed by atoms with van der Waals surface area (Å²) in [6.07, 6.45) is 5.18. The van der Waals surface area contributed by atoms with Gasteiger partial charge in [0.05, 0.1) is 24.3 Å². The lowest BCUT2D eigenvalue weighted by Gasteiger charge is -1.97. The van der Waals surface area contributed by atoms with Gasteiger partial charge in [-0.05, 0) is 7.05 Å². The first kappa shape index (κ1) is 8.00. The minimum atomic E-state index is 0.617. The quantitative estimate of drug-likeness (QED) is 0.679. The standard InChI is InChI=1S/C8H11N5/c1-10-2-6-3-12-13-5-7(9)4-11-8(6)13/h3-5,10H,2,9H2,1H3. The third-order valence-corrected chi connectivity index (χ3v) is 1.82. The van der Waals surface area contributed by atoms with Crippen molar-refractivity contribution < 1.29 is 0 Å². The minimum absolute atomic E-state index is 0.617. The van der Waals surface area contributed by atoms with Crippen LogP contribution in [0.4, 0.5) is 5.69 Å². The number of anilines is 1. The average Bonchev–Trinajstić information content (AvgIpc) is 2.49. The first-order valence-corrected chi connectivity index (χ1v) is 4.03. The van der Waals surface area contributed by atoms with E-state index in [2.05, 4.69) is 15.4 Å². The smallest absolute Gasteiger partial charge is 0.159 e. The number of nitrogen functional groups attached to an aromatic ring is 1. The summed E-state index contributed by atoms with van der Waals surface area (Å²) in [7, 11) is 1.89. The molecule has 0 aliphatic rings. The van der Waals surface area contributed by atoms with Crippen LogP contribution in [0.1, 0.15) is 5.56 Å². The van der Waals surface area contributed by atoms with Crippen LogP contribution in [0, 0.1) is 0 Å². The molecule has 5 nitrogen and oxygen atoms in total. The second-order valence-electron chi connectivity index (χ2n) is 2.86. The van der Waals surface area contributed by atoms with Crippen LogP contribution in [0.2, 0.25) is 0 Å². The predicted octanol–water partition coefficient (Wildman–Crippen LogP) is 0.0309. The number of aromatic nitrogens is 3.